The van der Waals surface area contributed by atoms with Gasteiger partial charge < -0.3 is 0 Å². The molecular weight excluding hydrogens is 337 g/mol. The quantitative estimate of drug-likeness (QED) is 0.485. The number of Topliss-reactive ketones (excluding diaryl/α,β-unsaturated/α-hetero) is 1. The number of fused-ring (bicyclic) bond motifs is 1. The maximum atomic E-state index is 11.1. The molecule has 7 heteroatoms. The third kappa shape index (κ3) is 2.28. The highest BCUT2D eigenvalue weighted by molar-refractivity contribution is 14.1. The minimum absolute atomic E-state index is 0.0100. The smallest absolute Gasteiger partial charge is 0.270 e. The summed E-state index contributed by atoms with van der Waals surface area (Å²) in [6, 6.07) is 4.50. The van der Waals surface area contributed by atoms with Gasteiger partial charge in [-0.05, 0) is 35.6 Å². The summed E-state index contributed by atoms with van der Waals surface area (Å²) in [4.78, 5) is 21.3. The molecule has 2 rings (SSSR count). The molecular formula is C10H8IN3O3. The van der Waals surface area contributed by atoms with Crippen molar-refractivity contribution in [3.05, 3.63) is 32.0 Å². The van der Waals surface area contributed by atoms with Crippen molar-refractivity contribution < 1.29 is 9.72 Å². The Morgan fingerprint density at radius 1 is 1.59 bits per heavy atom. The molecule has 0 spiro atoms. The summed E-state index contributed by atoms with van der Waals surface area (Å²) in [5.74, 6) is -0.0100. The molecule has 0 aliphatic carbocycles. The van der Waals surface area contributed by atoms with Crippen LogP contribution in [0.5, 0.6) is 0 Å². The lowest BCUT2D eigenvalue weighted by atomic mass is 10.2. The van der Waals surface area contributed by atoms with Crippen LogP contribution < -0.4 is 0 Å². The number of carbonyl (C=O) groups is 1. The van der Waals surface area contributed by atoms with Crippen LogP contribution in [0.25, 0.3) is 10.9 Å². The van der Waals surface area contributed by atoms with Crippen molar-refractivity contribution in [1.82, 2.24) is 9.78 Å². The summed E-state index contributed by atoms with van der Waals surface area (Å²) in [5, 5.41) is 15.5. The van der Waals surface area contributed by atoms with Crippen molar-refractivity contribution in [1.29, 1.82) is 0 Å². The fourth-order valence-corrected chi connectivity index (χ4v) is 2.27. The van der Waals surface area contributed by atoms with Crippen LogP contribution in [0.1, 0.15) is 6.92 Å². The van der Waals surface area contributed by atoms with Crippen molar-refractivity contribution in [3.8, 4) is 0 Å². The fraction of sp³-hybridized carbons (Fsp3) is 0.200. The molecule has 88 valence electrons. The van der Waals surface area contributed by atoms with E-state index in [0.29, 0.717) is 9.09 Å². The third-order valence-electron chi connectivity index (χ3n) is 2.27. The number of nitrogens with zero attached hydrogens (tertiary/aromatic N) is 3. The Balaban J connectivity index is 2.60. The second-order valence-corrected chi connectivity index (χ2v) is 4.63. The minimum atomic E-state index is -0.447. The number of carbonyl (C=O) groups excluding carboxylic acids is 1. The minimum Gasteiger partial charge on any atom is -0.298 e. The molecule has 0 atom stereocenters. The molecule has 2 aromatic rings. The number of aromatic nitrogens is 2. The maximum absolute atomic E-state index is 11.1. The zero-order valence-corrected chi connectivity index (χ0v) is 11.0. The van der Waals surface area contributed by atoms with Crippen molar-refractivity contribution in [3.63, 3.8) is 0 Å². The van der Waals surface area contributed by atoms with Crippen LogP contribution in [-0.2, 0) is 11.3 Å². The van der Waals surface area contributed by atoms with Crippen LogP contribution in [0, 0.1) is 13.8 Å². The lowest BCUT2D eigenvalue weighted by molar-refractivity contribution is -0.384. The first-order chi connectivity index (χ1) is 7.99. The van der Waals surface area contributed by atoms with Crippen LogP contribution in [0.3, 0.4) is 0 Å². The Kier molecular flexibility index (Phi) is 3.09. The summed E-state index contributed by atoms with van der Waals surface area (Å²) < 4.78 is 2.21. The highest BCUT2D eigenvalue weighted by Crippen LogP contribution is 2.24. The van der Waals surface area contributed by atoms with E-state index < -0.39 is 4.92 Å². The highest BCUT2D eigenvalue weighted by atomic mass is 127. The number of hydrogen-bond donors (Lipinski definition) is 0. The van der Waals surface area contributed by atoms with Gasteiger partial charge in [0.25, 0.3) is 5.69 Å². The van der Waals surface area contributed by atoms with Gasteiger partial charge in [-0.15, -0.1) is 0 Å². The first-order valence-corrected chi connectivity index (χ1v) is 5.87. The summed E-state index contributed by atoms with van der Waals surface area (Å²) in [6.45, 7) is 1.66. The Morgan fingerprint density at radius 2 is 2.29 bits per heavy atom. The molecule has 0 saturated heterocycles. The Morgan fingerprint density at radius 3 is 2.88 bits per heavy atom. The molecule has 0 N–H and O–H groups in total. The van der Waals surface area contributed by atoms with Gasteiger partial charge in [0.15, 0.2) is 5.78 Å². The number of ketones is 1. The standard InChI is InChI=1S/C10H8IN3O3/c1-6(15)5-13-9-3-2-7(14(16)17)4-8(9)10(11)12-13/h2-4H,5H2,1H3. The van der Waals surface area contributed by atoms with Crippen LogP contribution in [0.15, 0.2) is 18.2 Å². The van der Waals surface area contributed by atoms with E-state index in [0.717, 1.165) is 5.52 Å². The van der Waals surface area contributed by atoms with E-state index in [9.17, 15) is 14.9 Å². The van der Waals surface area contributed by atoms with E-state index >= 15 is 0 Å². The average Bonchev–Trinajstić information content (AvgIpc) is 2.54. The third-order valence-corrected chi connectivity index (χ3v) is 3.07. The lowest BCUT2D eigenvalue weighted by Crippen LogP contribution is -2.07. The normalized spacial score (nSPS) is 10.7. The number of benzene rings is 1. The Hall–Kier alpha value is -1.51. The molecule has 1 heterocycles. The highest BCUT2D eigenvalue weighted by Gasteiger charge is 2.14. The fourth-order valence-electron chi connectivity index (χ4n) is 1.57. The molecule has 17 heavy (non-hydrogen) atoms. The summed E-state index contributed by atoms with van der Waals surface area (Å²) in [5.41, 5.74) is 0.757. The van der Waals surface area contributed by atoms with E-state index in [2.05, 4.69) is 5.10 Å². The molecule has 0 amide bonds. The van der Waals surface area contributed by atoms with E-state index in [1.165, 1.54) is 19.1 Å². The van der Waals surface area contributed by atoms with E-state index in [1.807, 2.05) is 22.6 Å². The lowest BCUT2D eigenvalue weighted by Gasteiger charge is -1.99. The number of nitro groups is 1. The van der Waals surface area contributed by atoms with Gasteiger partial charge in [0.05, 0.1) is 17.0 Å². The number of hydrogen-bond acceptors (Lipinski definition) is 4. The topological polar surface area (TPSA) is 78.0 Å². The zero-order chi connectivity index (χ0) is 12.6. The first-order valence-electron chi connectivity index (χ1n) is 4.79. The molecule has 0 unspecified atom stereocenters. The van der Waals surface area contributed by atoms with Gasteiger partial charge >= 0.3 is 0 Å². The van der Waals surface area contributed by atoms with Gasteiger partial charge in [0.2, 0.25) is 0 Å². The summed E-state index contributed by atoms with van der Waals surface area (Å²) in [6.07, 6.45) is 0. The van der Waals surface area contributed by atoms with Crippen LogP contribution >= 0.6 is 22.6 Å². The Bertz CT molecular complexity index is 621. The summed E-state index contributed by atoms with van der Waals surface area (Å²) >= 11 is 2.00. The van der Waals surface area contributed by atoms with E-state index in [4.69, 9.17) is 0 Å². The number of nitro benzene ring substituents is 1. The van der Waals surface area contributed by atoms with Crippen LogP contribution in [0.2, 0.25) is 0 Å². The monoisotopic (exact) mass is 345 g/mol. The average molecular weight is 345 g/mol. The number of non-ortho nitro benzene ring substituents is 1. The van der Waals surface area contributed by atoms with Gasteiger partial charge in [-0.25, -0.2) is 0 Å². The first kappa shape index (κ1) is 12.0. The van der Waals surface area contributed by atoms with Crippen LogP contribution in [0.4, 0.5) is 5.69 Å². The molecule has 0 bridgehead atoms. The molecule has 0 radical (unpaired) electrons. The molecule has 0 aliphatic rings. The van der Waals surface area contributed by atoms with E-state index in [-0.39, 0.29) is 18.0 Å². The number of rotatable bonds is 3. The SMILES string of the molecule is CC(=O)Cn1nc(I)c2cc([N+](=O)[O-])ccc21. The van der Waals surface area contributed by atoms with Crippen molar-refractivity contribution >= 4 is 45.0 Å². The van der Waals surface area contributed by atoms with Gasteiger partial charge in [-0.3, -0.25) is 19.6 Å². The van der Waals surface area contributed by atoms with Gasteiger partial charge in [-0.1, -0.05) is 0 Å². The van der Waals surface area contributed by atoms with Gasteiger partial charge in [0.1, 0.15) is 3.70 Å². The molecule has 1 aromatic carbocycles. The second kappa shape index (κ2) is 4.40. The summed E-state index contributed by atoms with van der Waals surface area (Å²) in [7, 11) is 0. The zero-order valence-electron chi connectivity index (χ0n) is 8.88. The predicted molar refractivity (Wildman–Crippen MR) is 69.8 cm³/mol. The number of halogens is 1. The van der Waals surface area contributed by atoms with E-state index in [1.54, 1.807) is 10.7 Å². The second-order valence-electron chi connectivity index (χ2n) is 3.61. The molecule has 1 aromatic heterocycles. The van der Waals surface area contributed by atoms with Crippen molar-refractivity contribution in [2.75, 3.05) is 0 Å². The Labute approximate surface area is 110 Å². The van der Waals surface area contributed by atoms with Crippen molar-refractivity contribution in [2.24, 2.45) is 0 Å². The van der Waals surface area contributed by atoms with Crippen LogP contribution in [-0.4, -0.2) is 20.5 Å². The molecule has 6 nitrogen and oxygen atoms in total. The largest absolute Gasteiger partial charge is 0.298 e. The maximum Gasteiger partial charge on any atom is 0.270 e. The molecule has 0 aliphatic heterocycles. The molecule has 0 fully saturated rings. The molecule has 0 saturated carbocycles. The predicted octanol–water partition coefficient (Wildman–Crippen LogP) is 2.14. The van der Waals surface area contributed by atoms with Crippen molar-refractivity contribution in [2.45, 2.75) is 13.5 Å². The van der Waals surface area contributed by atoms with Gasteiger partial charge in [-0.2, -0.15) is 5.10 Å². The van der Waals surface area contributed by atoms with Gasteiger partial charge in [0, 0.05) is 17.5 Å².